The SMILES string of the molecule is COc1ccc(/N=C/c2ccc(Cl)cn2)cc1. The number of methoxy groups -OCH3 is 1. The average molecular weight is 247 g/mol. The van der Waals surface area contributed by atoms with E-state index in [1.54, 1.807) is 25.6 Å². The van der Waals surface area contributed by atoms with Crippen molar-refractivity contribution in [2.45, 2.75) is 0 Å². The molecule has 4 heteroatoms. The molecule has 0 spiro atoms. The quantitative estimate of drug-likeness (QED) is 0.777. The summed E-state index contributed by atoms with van der Waals surface area (Å²) < 4.78 is 5.07. The average Bonchev–Trinajstić information content (AvgIpc) is 2.39. The first kappa shape index (κ1) is 11.6. The number of aromatic nitrogens is 1. The lowest BCUT2D eigenvalue weighted by atomic mass is 10.3. The van der Waals surface area contributed by atoms with E-state index in [2.05, 4.69) is 9.98 Å². The Kier molecular flexibility index (Phi) is 3.73. The molecule has 0 amide bonds. The molecule has 0 atom stereocenters. The molecule has 0 unspecified atom stereocenters. The van der Waals surface area contributed by atoms with E-state index < -0.39 is 0 Å². The summed E-state index contributed by atoms with van der Waals surface area (Å²) in [4.78, 5) is 8.42. The summed E-state index contributed by atoms with van der Waals surface area (Å²) in [6, 6.07) is 11.1. The van der Waals surface area contributed by atoms with Crippen LogP contribution < -0.4 is 4.74 Å². The zero-order valence-electron chi connectivity index (χ0n) is 9.30. The van der Waals surface area contributed by atoms with Crippen LogP contribution in [0, 0.1) is 0 Å². The third kappa shape index (κ3) is 3.29. The fraction of sp³-hybridized carbons (Fsp3) is 0.0769. The molecule has 86 valence electrons. The largest absolute Gasteiger partial charge is 0.497 e. The Hall–Kier alpha value is -1.87. The minimum atomic E-state index is 0.617. The van der Waals surface area contributed by atoms with Gasteiger partial charge in [0.05, 0.1) is 29.7 Å². The second-order valence-corrected chi connectivity index (χ2v) is 3.79. The van der Waals surface area contributed by atoms with E-state index in [-0.39, 0.29) is 0 Å². The highest BCUT2D eigenvalue weighted by molar-refractivity contribution is 6.30. The van der Waals surface area contributed by atoms with Crippen molar-refractivity contribution in [2.75, 3.05) is 7.11 Å². The maximum Gasteiger partial charge on any atom is 0.119 e. The number of rotatable bonds is 3. The van der Waals surface area contributed by atoms with Crippen molar-refractivity contribution in [3.63, 3.8) is 0 Å². The van der Waals surface area contributed by atoms with Gasteiger partial charge >= 0.3 is 0 Å². The molecule has 0 fully saturated rings. The first-order valence-electron chi connectivity index (χ1n) is 5.07. The molecule has 2 aromatic rings. The summed E-state index contributed by atoms with van der Waals surface area (Å²) >= 11 is 5.74. The van der Waals surface area contributed by atoms with E-state index in [9.17, 15) is 0 Å². The molecule has 2 rings (SSSR count). The van der Waals surface area contributed by atoms with Gasteiger partial charge < -0.3 is 4.74 Å². The van der Waals surface area contributed by atoms with Crippen LogP contribution in [0.4, 0.5) is 5.69 Å². The number of hydrogen-bond acceptors (Lipinski definition) is 3. The molecule has 0 bridgehead atoms. The Morgan fingerprint density at radius 1 is 1.18 bits per heavy atom. The molecule has 0 aliphatic heterocycles. The summed E-state index contributed by atoms with van der Waals surface area (Å²) in [7, 11) is 1.63. The van der Waals surface area contributed by atoms with E-state index in [0.717, 1.165) is 17.1 Å². The molecular weight excluding hydrogens is 236 g/mol. The molecule has 0 saturated carbocycles. The van der Waals surface area contributed by atoms with Gasteiger partial charge in [0.2, 0.25) is 0 Å². The van der Waals surface area contributed by atoms with Gasteiger partial charge in [-0.15, -0.1) is 0 Å². The zero-order chi connectivity index (χ0) is 12.1. The highest BCUT2D eigenvalue weighted by Gasteiger charge is 1.92. The number of benzene rings is 1. The molecule has 3 nitrogen and oxygen atoms in total. The highest BCUT2D eigenvalue weighted by atomic mass is 35.5. The number of hydrogen-bond donors (Lipinski definition) is 0. The maximum absolute atomic E-state index is 5.74. The first-order chi connectivity index (χ1) is 8.28. The Morgan fingerprint density at radius 2 is 1.94 bits per heavy atom. The van der Waals surface area contributed by atoms with Crippen LogP contribution in [0.3, 0.4) is 0 Å². The number of pyridine rings is 1. The molecule has 0 aliphatic carbocycles. The van der Waals surface area contributed by atoms with Crippen molar-refractivity contribution >= 4 is 23.5 Å². The second-order valence-electron chi connectivity index (χ2n) is 3.36. The van der Waals surface area contributed by atoms with Gasteiger partial charge in [0.1, 0.15) is 5.75 Å². The molecule has 0 saturated heterocycles. The van der Waals surface area contributed by atoms with E-state index in [1.807, 2.05) is 30.3 Å². The smallest absolute Gasteiger partial charge is 0.119 e. The minimum Gasteiger partial charge on any atom is -0.497 e. The van der Waals surface area contributed by atoms with E-state index in [4.69, 9.17) is 16.3 Å². The summed E-state index contributed by atoms with van der Waals surface area (Å²) in [6.07, 6.45) is 3.29. The van der Waals surface area contributed by atoms with Gasteiger partial charge in [-0.1, -0.05) is 11.6 Å². The van der Waals surface area contributed by atoms with Crippen molar-refractivity contribution in [2.24, 2.45) is 4.99 Å². The standard InChI is InChI=1S/C13H11ClN2O/c1-17-13-6-4-11(5-7-13)16-9-12-3-2-10(14)8-15-12/h2-9H,1H3/b16-9+. The van der Waals surface area contributed by atoms with E-state index in [0.29, 0.717) is 5.02 Å². The van der Waals surface area contributed by atoms with Crippen LogP contribution in [-0.4, -0.2) is 18.3 Å². The second kappa shape index (κ2) is 5.46. The van der Waals surface area contributed by atoms with E-state index in [1.165, 1.54) is 0 Å². The molecule has 0 aliphatic rings. The van der Waals surface area contributed by atoms with Crippen molar-refractivity contribution in [1.29, 1.82) is 0 Å². The topological polar surface area (TPSA) is 34.5 Å². The number of nitrogens with zero attached hydrogens (tertiary/aromatic N) is 2. The molecular formula is C13H11ClN2O. The van der Waals surface area contributed by atoms with Gasteiger partial charge in [0, 0.05) is 6.20 Å². The Labute approximate surface area is 105 Å². The van der Waals surface area contributed by atoms with Crippen molar-refractivity contribution in [1.82, 2.24) is 4.98 Å². The van der Waals surface area contributed by atoms with Gasteiger partial charge in [0.15, 0.2) is 0 Å². The Balaban J connectivity index is 2.11. The molecule has 17 heavy (non-hydrogen) atoms. The number of aliphatic imine (C=N–C) groups is 1. The van der Waals surface area contributed by atoms with Gasteiger partial charge in [-0.2, -0.15) is 0 Å². The van der Waals surface area contributed by atoms with Crippen LogP contribution in [0.2, 0.25) is 5.02 Å². The lowest BCUT2D eigenvalue weighted by Gasteiger charge is -1.98. The monoisotopic (exact) mass is 246 g/mol. The predicted octanol–water partition coefficient (Wildman–Crippen LogP) is 3.49. The van der Waals surface area contributed by atoms with Crippen LogP contribution in [-0.2, 0) is 0 Å². The summed E-state index contributed by atoms with van der Waals surface area (Å²) in [5.74, 6) is 0.813. The van der Waals surface area contributed by atoms with Crippen molar-refractivity contribution < 1.29 is 4.74 Å². The van der Waals surface area contributed by atoms with Crippen LogP contribution >= 0.6 is 11.6 Å². The minimum absolute atomic E-state index is 0.617. The Bertz CT molecular complexity index is 506. The summed E-state index contributed by atoms with van der Waals surface area (Å²) in [6.45, 7) is 0. The van der Waals surface area contributed by atoms with Crippen LogP contribution in [0.5, 0.6) is 5.75 Å². The first-order valence-corrected chi connectivity index (χ1v) is 5.45. The lowest BCUT2D eigenvalue weighted by Crippen LogP contribution is -1.85. The number of ether oxygens (including phenoxy) is 1. The predicted molar refractivity (Wildman–Crippen MR) is 69.5 cm³/mol. The van der Waals surface area contributed by atoms with Crippen LogP contribution in [0.15, 0.2) is 47.6 Å². The summed E-state index contributed by atoms with van der Waals surface area (Å²) in [5, 5.41) is 0.617. The molecule has 1 aromatic carbocycles. The normalized spacial score (nSPS) is 10.7. The van der Waals surface area contributed by atoms with E-state index >= 15 is 0 Å². The zero-order valence-corrected chi connectivity index (χ0v) is 10.1. The van der Waals surface area contributed by atoms with Crippen LogP contribution in [0.1, 0.15) is 5.69 Å². The molecule has 1 heterocycles. The fourth-order valence-corrected chi connectivity index (χ4v) is 1.38. The van der Waals surface area contributed by atoms with Gasteiger partial charge in [0.25, 0.3) is 0 Å². The Morgan fingerprint density at radius 3 is 2.53 bits per heavy atom. The third-order valence-electron chi connectivity index (χ3n) is 2.17. The third-order valence-corrected chi connectivity index (χ3v) is 2.39. The molecule has 0 radical (unpaired) electrons. The van der Waals surface area contributed by atoms with Gasteiger partial charge in [-0.05, 0) is 36.4 Å². The highest BCUT2D eigenvalue weighted by Crippen LogP contribution is 2.17. The van der Waals surface area contributed by atoms with Gasteiger partial charge in [-0.3, -0.25) is 9.98 Å². The lowest BCUT2D eigenvalue weighted by molar-refractivity contribution is 0.415. The van der Waals surface area contributed by atoms with Crippen molar-refractivity contribution in [3.8, 4) is 5.75 Å². The molecule has 0 N–H and O–H groups in total. The molecule has 1 aromatic heterocycles. The van der Waals surface area contributed by atoms with Gasteiger partial charge in [-0.25, -0.2) is 0 Å². The fourth-order valence-electron chi connectivity index (χ4n) is 1.27. The summed E-state index contributed by atoms with van der Waals surface area (Å²) in [5.41, 5.74) is 1.62. The van der Waals surface area contributed by atoms with Crippen molar-refractivity contribution in [3.05, 3.63) is 53.3 Å². The maximum atomic E-state index is 5.74. The van der Waals surface area contributed by atoms with Crippen LogP contribution in [0.25, 0.3) is 0 Å². The number of halogens is 1.